The summed E-state index contributed by atoms with van der Waals surface area (Å²) in [6.07, 6.45) is 0. The van der Waals surface area contributed by atoms with Crippen LogP contribution in [0.5, 0.6) is 0 Å². The van der Waals surface area contributed by atoms with Crippen molar-refractivity contribution in [2.45, 2.75) is 0 Å². The number of fused-ring (bicyclic) bond motifs is 1. The Morgan fingerprint density at radius 3 is 2.68 bits per heavy atom. The summed E-state index contributed by atoms with van der Waals surface area (Å²) >= 11 is 5.58. The van der Waals surface area contributed by atoms with Gasteiger partial charge < -0.3 is 14.1 Å². The highest BCUT2D eigenvalue weighted by Gasteiger charge is 2.16. The summed E-state index contributed by atoms with van der Waals surface area (Å²) in [5.74, 6) is 0.626. The van der Waals surface area contributed by atoms with Crippen LogP contribution in [-0.4, -0.2) is 26.3 Å². The minimum absolute atomic E-state index is 0.0121. The zero-order valence-electron chi connectivity index (χ0n) is 9.99. The van der Waals surface area contributed by atoms with E-state index in [2.05, 4.69) is 38.5 Å². The summed E-state index contributed by atoms with van der Waals surface area (Å²) in [4.78, 5) is 14.2. The maximum absolute atomic E-state index is 12.2. The Bertz CT molecular complexity index is 679. The Balaban J connectivity index is 2.15. The molecule has 0 amide bonds. The van der Waals surface area contributed by atoms with Crippen LogP contribution in [-0.2, 0) is 4.74 Å². The fraction of sp³-hybridized carbons (Fsp3) is 0.308. The second-order valence-corrected chi connectivity index (χ2v) is 6.39. The Kier molecular flexibility index (Phi) is 3.81. The molecule has 4 nitrogen and oxygen atoms in total. The maximum atomic E-state index is 12.2. The second-order valence-electron chi connectivity index (χ2n) is 4.31. The number of rotatable bonds is 1. The van der Waals surface area contributed by atoms with Crippen molar-refractivity contribution in [1.82, 2.24) is 0 Å². The minimum atomic E-state index is -0.0121. The Hall–Kier alpha value is -0.600. The second kappa shape index (κ2) is 5.41. The number of ether oxygens (including phenoxy) is 1. The van der Waals surface area contributed by atoms with Crippen LogP contribution in [0.25, 0.3) is 11.0 Å². The molecule has 1 aromatic carbocycles. The van der Waals surface area contributed by atoms with E-state index in [9.17, 15) is 4.79 Å². The monoisotopic (exact) mass is 435 g/mol. The lowest BCUT2D eigenvalue weighted by atomic mass is 10.2. The summed E-state index contributed by atoms with van der Waals surface area (Å²) in [5, 5.41) is 0.607. The predicted octanol–water partition coefficient (Wildman–Crippen LogP) is 3.00. The molecule has 0 bridgehead atoms. The molecule has 3 rings (SSSR count). The van der Waals surface area contributed by atoms with Gasteiger partial charge in [-0.1, -0.05) is 15.9 Å². The highest BCUT2D eigenvalue weighted by atomic mass is 127. The molecule has 0 spiro atoms. The van der Waals surface area contributed by atoms with Gasteiger partial charge in [-0.2, -0.15) is 0 Å². The third-order valence-corrected chi connectivity index (χ3v) is 4.32. The first kappa shape index (κ1) is 13.4. The standard InChI is InChI=1S/C13H11BrINO3/c14-8-5-9-11(17)7-12(16-1-3-18-4-2-16)19-13(9)10(15)6-8/h5-7H,1-4H2. The molecule has 0 aliphatic carbocycles. The Morgan fingerprint density at radius 1 is 1.21 bits per heavy atom. The molecule has 0 radical (unpaired) electrons. The SMILES string of the molecule is O=c1cc(N2CCOCC2)oc2c(I)cc(Br)cc12. The van der Waals surface area contributed by atoms with Crippen LogP contribution in [0.4, 0.5) is 5.88 Å². The van der Waals surface area contributed by atoms with Crippen molar-refractivity contribution in [2.75, 3.05) is 31.2 Å². The number of benzene rings is 1. The van der Waals surface area contributed by atoms with Crippen molar-refractivity contribution >= 4 is 55.4 Å². The van der Waals surface area contributed by atoms with Gasteiger partial charge in [0.15, 0.2) is 16.9 Å². The van der Waals surface area contributed by atoms with Crippen molar-refractivity contribution in [3.05, 3.63) is 36.5 Å². The van der Waals surface area contributed by atoms with Crippen molar-refractivity contribution in [3.63, 3.8) is 0 Å². The summed E-state index contributed by atoms with van der Waals surface area (Å²) < 4.78 is 13.0. The van der Waals surface area contributed by atoms with Crippen molar-refractivity contribution in [2.24, 2.45) is 0 Å². The molecular formula is C13H11BrINO3. The molecule has 1 fully saturated rings. The van der Waals surface area contributed by atoms with E-state index in [1.807, 2.05) is 11.0 Å². The zero-order valence-corrected chi connectivity index (χ0v) is 13.7. The van der Waals surface area contributed by atoms with E-state index in [4.69, 9.17) is 9.15 Å². The Morgan fingerprint density at radius 2 is 1.95 bits per heavy atom. The lowest BCUT2D eigenvalue weighted by Crippen LogP contribution is -2.36. The van der Waals surface area contributed by atoms with Gasteiger partial charge in [0, 0.05) is 23.6 Å². The van der Waals surface area contributed by atoms with Crippen molar-refractivity contribution in [3.8, 4) is 0 Å². The lowest BCUT2D eigenvalue weighted by molar-refractivity contribution is 0.121. The lowest BCUT2D eigenvalue weighted by Gasteiger charge is -2.27. The highest BCUT2D eigenvalue weighted by molar-refractivity contribution is 14.1. The van der Waals surface area contributed by atoms with E-state index in [0.29, 0.717) is 30.1 Å². The topological polar surface area (TPSA) is 42.7 Å². The van der Waals surface area contributed by atoms with E-state index < -0.39 is 0 Å². The average molecular weight is 436 g/mol. The number of hydrogen-bond donors (Lipinski definition) is 0. The van der Waals surface area contributed by atoms with Crippen molar-refractivity contribution in [1.29, 1.82) is 0 Å². The fourth-order valence-electron chi connectivity index (χ4n) is 2.11. The van der Waals surface area contributed by atoms with Gasteiger partial charge >= 0.3 is 0 Å². The van der Waals surface area contributed by atoms with Gasteiger partial charge in [-0.15, -0.1) is 0 Å². The largest absolute Gasteiger partial charge is 0.439 e. The van der Waals surface area contributed by atoms with Gasteiger partial charge in [0.05, 0.1) is 22.2 Å². The molecule has 0 N–H and O–H groups in total. The zero-order chi connectivity index (χ0) is 13.4. The summed E-state index contributed by atoms with van der Waals surface area (Å²) in [5.41, 5.74) is 0.639. The molecule has 19 heavy (non-hydrogen) atoms. The molecular weight excluding hydrogens is 425 g/mol. The average Bonchev–Trinajstić information content (AvgIpc) is 2.41. The first-order valence-electron chi connectivity index (χ1n) is 5.91. The van der Waals surface area contributed by atoms with Crippen LogP contribution >= 0.6 is 38.5 Å². The van der Waals surface area contributed by atoms with Gasteiger partial charge in [0.2, 0.25) is 0 Å². The van der Waals surface area contributed by atoms with E-state index in [1.165, 1.54) is 0 Å². The Labute approximate surface area is 132 Å². The first-order valence-corrected chi connectivity index (χ1v) is 7.78. The summed E-state index contributed by atoms with van der Waals surface area (Å²) in [7, 11) is 0. The molecule has 1 aromatic heterocycles. The van der Waals surface area contributed by atoms with Crippen LogP contribution in [0.15, 0.2) is 31.9 Å². The number of nitrogens with zero attached hydrogens (tertiary/aromatic N) is 1. The third kappa shape index (κ3) is 2.66. The van der Waals surface area contributed by atoms with Gasteiger partial charge in [-0.3, -0.25) is 4.79 Å². The maximum Gasteiger partial charge on any atom is 0.200 e. The van der Waals surface area contributed by atoms with Crippen LogP contribution in [0, 0.1) is 3.57 Å². The van der Waals surface area contributed by atoms with Crippen LogP contribution < -0.4 is 10.3 Å². The number of anilines is 1. The van der Waals surface area contributed by atoms with E-state index in [0.717, 1.165) is 21.1 Å². The van der Waals surface area contributed by atoms with E-state index in [-0.39, 0.29) is 5.43 Å². The first-order chi connectivity index (χ1) is 9.15. The van der Waals surface area contributed by atoms with E-state index in [1.54, 1.807) is 12.1 Å². The van der Waals surface area contributed by atoms with Gasteiger partial charge in [-0.05, 0) is 34.7 Å². The minimum Gasteiger partial charge on any atom is -0.439 e. The van der Waals surface area contributed by atoms with Crippen LogP contribution in [0.2, 0.25) is 0 Å². The molecule has 1 saturated heterocycles. The molecule has 2 heterocycles. The van der Waals surface area contributed by atoms with E-state index >= 15 is 0 Å². The number of morpholine rings is 1. The molecule has 0 atom stereocenters. The molecule has 2 aromatic rings. The summed E-state index contributed by atoms with van der Waals surface area (Å²) in [6, 6.07) is 5.30. The van der Waals surface area contributed by atoms with Crippen molar-refractivity contribution < 1.29 is 9.15 Å². The molecule has 100 valence electrons. The number of halogens is 2. The van der Waals surface area contributed by atoms with Crippen LogP contribution in [0.3, 0.4) is 0 Å². The normalized spacial score (nSPS) is 16.0. The molecule has 0 saturated carbocycles. The highest BCUT2D eigenvalue weighted by Crippen LogP contribution is 2.27. The van der Waals surface area contributed by atoms with Gasteiger partial charge in [-0.25, -0.2) is 0 Å². The fourth-order valence-corrected chi connectivity index (χ4v) is 3.73. The predicted molar refractivity (Wildman–Crippen MR) is 85.9 cm³/mol. The molecule has 0 unspecified atom stereocenters. The number of hydrogen-bond acceptors (Lipinski definition) is 4. The summed E-state index contributed by atoms with van der Waals surface area (Å²) in [6.45, 7) is 2.83. The molecule has 1 aliphatic rings. The third-order valence-electron chi connectivity index (χ3n) is 3.06. The van der Waals surface area contributed by atoms with Crippen LogP contribution in [0.1, 0.15) is 0 Å². The molecule has 1 aliphatic heterocycles. The van der Waals surface area contributed by atoms with Gasteiger partial charge in [0.1, 0.15) is 0 Å². The van der Waals surface area contributed by atoms with Gasteiger partial charge in [0.25, 0.3) is 0 Å². The molecule has 6 heteroatoms. The quantitative estimate of drug-likeness (QED) is 0.646. The smallest absolute Gasteiger partial charge is 0.200 e.